The number of esters is 1. The lowest BCUT2D eigenvalue weighted by atomic mass is 9.86. The summed E-state index contributed by atoms with van der Waals surface area (Å²) in [6.07, 6.45) is 9.43. The molecule has 0 unspecified atom stereocenters. The largest absolute Gasteiger partial charge is 0.481 e. The summed E-state index contributed by atoms with van der Waals surface area (Å²) in [4.78, 5) is 23.3. The van der Waals surface area contributed by atoms with Gasteiger partial charge in [-0.05, 0) is 78.2 Å². The van der Waals surface area contributed by atoms with E-state index in [4.69, 9.17) is 4.74 Å². The molecule has 0 aromatic heterocycles. The van der Waals surface area contributed by atoms with E-state index in [9.17, 15) is 14.7 Å². The van der Waals surface area contributed by atoms with Crippen molar-refractivity contribution in [1.82, 2.24) is 0 Å². The van der Waals surface area contributed by atoms with Crippen molar-refractivity contribution in [3.8, 4) is 0 Å². The van der Waals surface area contributed by atoms with Gasteiger partial charge in [0.05, 0.1) is 21.5 Å². The zero-order valence-corrected chi connectivity index (χ0v) is 20.1. The Morgan fingerprint density at radius 3 is 1.89 bits per heavy atom. The van der Waals surface area contributed by atoms with Crippen LogP contribution in [0.5, 0.6) is 0 Å². The van der Waals surface area contributed by atoms with Gasteiger partial charge in [-0.3, -0.25) is 9.59 Å². The number of aliphatic carboxylic acids is 1. The third-order valence-corrected chi connectivity index (χ3v) is 9.21. The van der Waals surface area contributed by atoms with Crippen LogP contribution in [-0.4, -0.2) is 39.2 Å². The van der Waals surface area contributed by atoms with E-state index in [-0.39, 0.29) is 10.0 Å². The number of hydrogen-bond donors (Lipinski definition) is 1. The summed E-state index contributed by atoms with van der Waals surface area (Å²) < 4.78 is 5.47. The molecule has 1 fully saturated rings. The maximum atomic E-state index is 12.1. The summed E-state index contributed by atoms with van der Waals surface area (Å²) in [5.74, 6) is 1.66. The van der Waals surface area contributed by atoms with Gasteiger partial charge < -0.3 is 9.84 Å². The van der Waals surface area contributed by atoms with Crippen molar-refractivity contribution in [3.63, 3.8) is 0 Å². The number of carboxylic acid groups (broad SMARTS) is 1. The predicted molar refractivity (Wildman–Crippen MR) is 121 cm³/mol. The summed E-state index contributed by atoms with van der Waals surface area (Å²) in [6, 6.07) is 0. The van der Waals surface area contributed by atoms with Gasteiger partial charge in [-0.1, -0.05) is 25.7 Å². The number of thioether (sulfide) groups is 2. The Morgan fingerprint density at radius 1 is 0.929 bits per heavy atom. The first-order valence-electron chi connectivity index (χ1n) is 10.7. The van der Waals surface area contributed by atoms with Gasteiger partial charge in [0.1, 0.15) is 0 Å². The SMILES string of the molecule is CCOC(=O)C(C)(C)CCCCC1(CCCCC(C)(C)C(=O)O)SCCCS1. The van der Waals surface area contributed by atoms with Crippen LogP contribution in [-0.2, 0) is 14.3 Å². The first-order chi connectivity index (χ1) is 13.0. The minimum absolute atomic E-state index is 0.0906. The standard InChI is InChI=1S/C22H40O4S2/c1-6-26-19(25)21(4,5)13-8-10-15-22(27-16-11-17-28-22)14-9-7-12-20(2,3)18(23)24/h6-17H2,1-5H3,(H,23,24). The summed E-state index contributed by atoms with van der Waals surface area (Å²) in [6.45, 7) is 9.90. The first-order valence-corrected chi connectivity index (χ1v) is 12.7. The zero-order chi connectivity index (χ0) is 21.3. The lowest BCUT2D eigenvalue weighted by Gasteiger charge is -2.37. The Balaban J connectivity index is 2.45. The molecule has 1 aliphatic heterocycles. The molecule has 6 heteroatoms. The average molecular weight is 433 g/mol. The zero-order valence-electron chi connectivity index (χ0n) is 18.5. The van der Waals surface area contributed by atoms with Gasteiger partial charge in [-0.25, -0.2) is 0 Å². The van der Waals surface area contributed by atoms with Crippen LogP contribution in [0.2, 0.25) is 0 Å². The lowest BCUT2D eigenvalue weighted by Crippen LogP contribution is -2.28. The van der Waals surface area contributed by atoms with Crippen molar-refractivity contribution in [2.75, 3.05) is 18.1 Å². The van der Waals surface area contributed by atoms with Gasteiger partial charge in [0, 0.05) is 0 Å². The van der Waals surface area contributed by atoms with Crippen LogP contribution in [0.25, 0.3) is 0 Å². The van der Waals surface area contributed by atoms with E-state index < -0.39 is 16.8 Å². The predicted octanol–water partition coefficient (Wildman–Crippen LogP) is 6.37. The van der Waals surface area contributed by atoms with Crippen molar-refractivity contribution in [2.45, 2.75) is 96.5 Å². The van der Waals surface area contributed by atoms with Crippen LogP contribution < -0.4 is 0 Å². The second-order valence-electron chi connectivity index (χ2n) is 9.17. The molecule has 1 aliphatic rings. The molecule has 28 heavy (non-hydrogen) atoms. The van der Waals surface area contributed by atoms with Gasteiger partial charge in [0.15, 0.2) is 0 Å². The molecule has 0 aliphatic carbocycles. The van der Waals surface area contributed by atoms with Crippen molar-refractivity contribution in [1.29, 1.82) is 0 Å². The molecule has 0 atom stereocenters. The summed E-state index contributed by atoms with van der Waals surface area (Å²) >= 11 is 4.20. The monoisotopic (exact) mass is 432 g/mol. The summed E-state index contributed by atoms with van der Waals surface area (Å²) in [5, 5.41) is 9.28. The Bertz CT molecular complexity index is 497. The highest BCUT2D eigenvalue weighted by atomic mass is 32.2. The van der Waals surface area contributed by atoms with Gasteiger partial charge in [0.2, 0.25) is 0 Å². The molecule has 0 amide bonds. The maximum absolute atomic E-state index is 12.1. The lowest BCUT2D eigenvalue weighted by molar-refractivity contribution is -0.153. The Hall–Kier alpha value is -0.360. The molecule has 4 nitrogen and oxygen atoms in total. The number of carbonyl (C=O) groups excluding carboxylic acids is 1. The fourth-order valence-electron chi connectivity index (χ4n) is 3.49. The fraction of sp³-hybridized carbons (Fsp3) is 0.909. The van der Waals surface area contributed by atoms with Gasteiger partial charge in [0.25, 0.3) is 0 Å². The molecule has 1 saturated heterocycles. The van der Waals surface area contributed by atoms with Crippen molar-refractivity contribution in [3.05, 3.63) is 0 Å². The van der Waals surface area contributed by atoms with Crippen molar-refractivity contribution >= 4 is 35.5 Å². The van der Waals surface area contributed by atoms with Crippen LogP contribution in [0.4, 0.5) is 0 Å². The normalized spacial score (nSPS) is 17.3. The van der Waals surface area contributed by atoms with Gasteiger partial charge >= 0.3 is 11.9 Å². The molecule has 1 rings (SSSR count). The van der Waals surface area contributed by atoms with E-state index in [1.54, 1.807) is 0 Å². The smallest absolute Gasteiger partial charge is 0.311 e. The van der Waals surface area contributed by atoms with E-state index in [0.29, 0.717) is 6.61 Å². The number of ether oxygens (including phenoxy) is 1. The molecule has 0 bridgehead atoms. The van der Waals surface area contributed by atoms with E-state index in [0.717, 1.165) is 44.9 Å². The topological polar surface area (TPSA) is 63.6 Å². The molecule has 0 spiro atoms. The third-order valence-electron chi connectivity index (χ3n) is 5.64. The van der Waals surface area contributed by atoms with Crippen LogP contribution in [0, 0.1) is 10.8 Å². The maximum Gasteiger partial charge on any atom is 0.311 e. The number of carbonyl (C=O) groups is 2. The highest BCUT2D eigenvalue weighted by molar-refractivity contribution is 8.18. The second-order valence-corrected chi connectivity index (χ2v) is 12.4. The Kier molecular flexibility index (Phi) is 10.8. The number of carboxylic acids is 1. The minimum Gasteiger partial charge on any atom is -0.481 e. The highest BCUT2D eigenvalue weighted by Gasteiger charge is 2.34. The number of hydrogen-bond acceptors (Lipinski definition) is 5. The van der Waals surface area contributed by atoms with Crippen LogP contribution in [0.1, 0.15) is 92.4 Å². The molecule has 164 valence electrons. The van der Waals surface area contributed by atoms with Crippen LogP contribution >= 0.6 is 23.5 Å². The number of unbranched alkanes of at least 4 members (excludes halogenated alkanes) is 2. The molecule has 0 saturated carbocycles. The summed E-state index contributed by atoms with van der Waals surface area (Å²) in [7, 11) is 0. The van der Waals surface area contributed by atoms with Crippen LogP contribution in [0.15, 0.2) is 0 Å². The quantitative estimate of drug-likeness (QED) is 0.269. The highest BCUT2D eigenvalue weighted by Crippen LogP contribution is 2.49. The average Bonchev–Trinajstić information content (AvgIpc) is 2.63. The van der Waals surface area contributed by atoms with Crippen LogP contribution in [0.3, 0.4) is 0 Å². The molecule has 0 aromatic rings. The number of rotatable bonds is 13. The Morgan fingerprint density at radius 2 is 1.43 bits per heavy atom. The van der Waals surface area contributed by atoms with Gasteiger partial charge in [-0.15, -0.1) is 23.5 Å². The van der Waals surface area contributed by atoms with E-state index >= 15 is 0 Å². The molecule has 0 aromatic carbocycles. The van der Waals surface area contributed by atoms with Crippen molar-refractivity contribution in [2.24, 2.45) is 10.8 Å². The fourth-order valence-corrected chi connectivity index (χ4v) is 6.98. The second kappa shape index (κ2) is 11.7. The van der Waals surface area contributed by atoms with E-state index in [1.807, 2.05) is 34.6 Å². The minimum atomic E-state index is -0.701. The van der Waals surface area contributed by atoms with Gasteiger partial charge in [-0.2, -0.15) is 0 Å². The Labute approximate surface area is 180 Å². The molecule has 1 heterocycles. The molecular formula is C22H40O4S2. The molecule has 1 N–H and O–H groups in total. The summed E-state index contributed by atoms with van der Waals surface area (Å²) in [5.41, 5.74) is -1.03. The first kappa shape index (κ1) is 25.7. The molecule has 0 radical (unpaired) electrons. The van der Waals surface area contributed by atoms with E-state index in [1.165, 1.54) is 24.3 Å². The van der Waals surface area contributed by atoms with Crippen molar-refractivity contribution < 1.29 is 19.4 Å². The molecular weight excluding hydrogens is 392 g/mol. The van der Waals surface area contributed by atoms with E-state index in [2.05, 4.69) is 23.5 Å². The third kappa shape index (κ3) is 8.56.